The van der Waals surface area contributed by atoms with Crippen LogP contribution in [0.4, 0.5) is 0 Å². The first-order valence-electron chi connectivity index (χ1n) is 9.50. The standard InChI is InChI=1S/C23H27N3O/c1-4-5-14-25(3)23(27)22-15-21(20-10-12-24-13-11-20)17-26(22)16-19-8-6-18(2)7-9-19/h6-13,15,17H,4-5,14,16H2,1-3H3. The van der Waals surface area contributed by atoms with Crippen molar-refractivity contribution in [3.05, 3.63) is 77.9 Å². The summed E-state index contributed by atoms with van der Waals surface area (Å²) in [7, 11) is 1.88. The Morgan fingerprint density at radius 1 is 1.07 bits per heavy atom. The number of hydrogen-bond acceptors (Lipinski definition) is 2. The maximum absolute atomic E-state index is 13.1. The number of rotatable bonds is 7. The van der Waals surface area contributed by atoms with Gasteiger partial charge < -0.3 is 9.47 Å². The molecule has 0 spiro atoms. The number of nitrogens with zero attached hydrogens (tertiary/aromatic N) is 3. The minimum absolute atomic E-state index is 0.0656. The van der Waals surface area contributed by atoms with E-state index in [4.69, 9.17) is 0 Å². The van der Waals surface area contributed by atoms with E-state index in [0.29, 0.717) is 6.54 Å². The molecule has 1 aromatic carbocycles. The molecule has 0 N–H and O–H groups in total. The summed E-state index contributed by atoms with van der Waals surface area (Å²) in [5.74, 6) is 0.0656. The van der Waals surface area contributed by atoms with Crippen LogP contribution >= 0.6 is 0 Å². The Kier molecular flexibility index (Phi) is 6.07. The smallest absolute Gasteiger partial charge is 0.270 e. The zero-order valence-electron chi connectivity index (χ0n) is 16.4. The Balaban J connectivity index is 1.94. The van der Waals surface area contributed by atoms with Crippen molar-refractivity contribution in [3.8, 4) is 11.1 Å². The number of amides is 1. The van der Waals surface area contributed by atoms with E-state index >= 15 is 0 Å². The Labute approximate surface area is 161 Å². The second kappa shape index (κ2) is 8.67. The zero-order valence-corrected chi connectivity index (χ0v) is 16.4. The Morgan fingerprint density at radius 3 is 2.44 bits per heavy atom. The maximum atomic E-state index is 13.1. The highest BCUT2D eigenvalue weighted by Crippen LogP contribution is 2.23. The monoisotopic (exact) mass is 361 g/mol. The van der Waals surface area contributed by atoms with Gasteiger partial charge in [0.2, 0.25) is 0 Å². The molecule has 3 rings (SSSR count). The number of carbonyl (C=O) groups excluding carboxylic acids is 1. The average Bonchev–Trinajstić information content (AvgIpc) is 3.11. The third kappa shape index (κ3) is 4.64. The second-order valence-electron chi connectivity index (χ2n) is 7.04. The predicted octanol–water partition coefficient (Wildman–Crippen LogP) is 4.78. The van der Waals surface area contributed by atoms with Gasteiger partial charge in [-0.25, -0.2) is 0 Å². The molecular formula is C23H27N3O. The van der Waals surface area contributed by atoms with Gasteiger partial charge in [0, 0.05) is 44.3 Å². The molecule has 2 aromatic heterocycles. The number of hydrogen-bond donors (Lipinski definition) is 0. The van der Waals surface area contributed by atoms with Crippen LogP contribution in [0, 0.1) is 6.92 Å². The normalized spacial score (nSPS) is 10.8. The molecule has 140 valence electrons. The molecule has 0 bridgehead atoms. The topological polar surface area (TPSA) is 38.1 Å². The van der Waals surface area contributed by atoms with E-state index in [1.165, 1.54) is 11.1 Å². The maximum Gasteiger partial charge on any atom is 0.270 e. The SMILES string of the molecule is CCCCN(C)C(=O)c1cc(-c2ccncc2)cn1Cc1ccc(C)cc1. The molecule has 0 radical (unpaired) electrons. The third-order valence-electron chi connectivity index (χ3n) is 4.80. The van der Waals surface area contributed by atoms with Gasteiger partial charge in [-0.2, -0.15) is 0 Å². The third-order valence-corrected chi connectivity index (χ3v) is 4.80. The summed E-state index contributed by atoms with van der Waals surface area (Å²) in [6.45, 7) is 5.67. The first-order chi connectivity index (χ1) is 13.1. The lowest BCUT2D eigenvalue weighted by Crippen LogP contribution is -2.29. The summed E-state index contributed by atoms with van der Waals surface area (Å²) in [6, 6.07) is 14.4. The molecule has 4 nitrogen and oxygen atoms in total. The van der Waals surface area contributed by atoms with Crippen molar-refractivity contribution >= 4 is 5.91 Å². The average molecular weight is 361 g/mol. The van der Waals surface area contributed by atoms with Gasteiger partial charge >= 0.3 is 0 Å². The number of unbranched alkanes of at least 4 members (excludes halogenated alkanes) is 1. The lowest BCUT2D eigenvalue weighted by Gasteiger charge is -2.18. The molecule has 0 aliphatic carbocycles. The summed E-state index contributed by atoms with van der Waals surface area (Å²) >= 11 is 0. The zero-order chi connectivity index (χ0) is 19.2. The van der Waals surface area contributed by atoms with Gasteiger partial charge in [-0.1, -0.05) is 43.2 Å². The van der Waals surface area contributed by atoms with Gasteiger partial charge in [-0.05, 0) is 42.7 Å². The summed E-state index contributed by atoms with van der Waals surface area (Å²) in [4.78, 5) is 19.0. The van der Waals surface area contributed by atoms with Gasteiger partial charge in [-0.3, -0.25) is 9.78 Å². The minimum atomic E-state index is 0.0656. The highest BCUT2D eigenvalue weighted by atomic mass is 16.2. The fourth-order valence-corrected chi connectivity index (χ4v) is 3.11. The molecule has 0 unspecified atom stereocenters. The first-order valence-corrected chi connectivity index (χ1v) is 9.50. The molecule has 0 atom stereocenters. The number of benzene rings is 1. The van der Waals surface area contributed by atoms with Crippen molar-refractivity contribution in [3.63, 3.8) is 0 Å². The van der Waals surface area contributed by atoms with Crippen LogP contribution in [0.5, 0.6) is 0 Å². The fraction of sp³-hybridized carbons (Fsp3) is 0.304. The molecule has 3 aromatic rings. The van der Waals surface area contributed by atoms with Gasteiger partial charge in [0.15, 0.2) is 0 Å². The first kappa shape index (κ1) is 18.9. The minimum Gasteiger partial charge on any atom is -0.340 e. The Bertz CT molecular complexity index is 882. The molecular weight excluding hydrogens is 334 g/mol. The van der Waals surface area contributed by atoms with E-state index in [-0.39, 0.29) is 5.91 Å². The van der Waals surface area contributed by atoms with Crippen molar-refractivity contribution in [2.24, 2.45) is 0 Å². The van der Waals surface area contributed by atoms with Crippen LogP contribution in [-0.2, 0) is 6.54 Å². The van der Waals surface area contributed by atoms with E-state index in [9.17, 15) is 4.79 Å². The second-order valence-corrected chi connectivity index (χ2v) is 7.04. The summed E-state index contributed by atoms with van der Waals surface area (Å²) < 4.78 is 2.06. The highest BCUT2D eigenvalue weighted by molar-refractivity contribution is 5.94. The van der Waals surface area contributed by atoms with Crippen LogP contribution in [0.1, 0.15) is 41.4 Å². The van der Waals surface area contributed by atoms with Crippen LogP contribution in [0.15, 0.2) is 61.1 Å². The summed E-state index contributed by atoms with van der Waals surface area (Å²) in [5.41, 5.74) is 5.25. The quantitative estimate of drug-likeness (QED) is 0.607. The molecule has 2 heterocycles. The molecule has 0 fully saturated rings. The molecule has 27 heavy (non-hydrogen) atoms. The predicted molar refractivity (Wildman–Crippen MR) is 110 cm³/mol. The lowest BCUT2D eigenvalue weighted by atomic mass is 10.1. The van der Waals surface area contributed by atoms with Crippen LogP contribution in [0.25, 0.3) is 11.1 Å². The summed E-state index contributed by atoms with van der Waals surface area (Å²) in [6.07, 6.45) is 7.71. The molecule has 0 aliphatic heterocycles. The van der Waals surface area contributed by atoms with Crippen LogP contribution in [0.2, 0.25) is 0 Å². The van der Waals surface area contributed by atoms with E-state index in [1.54, 1.807) is 12.4 Å². The van der Waals surface area contributed by atoms with Gasteiger partial charge in [0.05, 0.1) is 0 Å². The van der Waals surface area contributed by atoms with Gasteiger partial charge in [0.25, 0.3) is 5.91 Å². The molecule has 1 amide bonds. The fourth-order valence-electron chi connectivity index (χ4n) is 3.11. The van der Waals surface area contributed by atoms with Crippen LogP contribution < -0.4 is 0 Å². The van der Waals surface area contributed by atoms with E-state index < -0.39 is 0 Å². The molecule has 4 heteroatoms. The van der Waals surface area contributed by atoms with Crippen molar-refractivity contribution in [1.82, 2.24) is 14.5 Å². The number of aryl methyl sites for hydroxylation is 1. The van der Waals surface area contributed by atoms with Crippen LogP contribution in [-0.4, -0.2) is 34.0 Å². The Hall–Kier alpha value is -2.88. The Morgan fingerprint density at radius 2 is 1.78 bits per heavy atom. The molecule has 0 saturated carbocycles. The van der Waals surface area contributed by atoms with E-state index in [0.717, 1.165) is 36.2 Å². The number of aromatic nitrogens is 2. The highest BCUT2D eigenvalue weighted by Gasteiger charge is 2.18. The van der Waals surface area contributed by atoms with Gasteiger partial charge in [0.1, 0.15) is 5.69 Å². The summed E-state index contributed by atoms with van der Waals surface area (Å²) in [5, 5.41) is 0. The van der Waals surface area contributed by atoms with Gasteiger partial charge in [-0.15, -0.1) is 0 Å². The number of carbonyl (C=O) groups is 1. The molecule has 0 aliphatic rings. The van der Waals surface area contributed by atoms with E-state index in [1.807, 2.05) is 30.1 Å². The van der Waals surface area contributed by atoms with Crippen molar-refractivity contribution < 1.29 is 4.79 Å². The van der Waals surface area contributed by atoms with Crippen LogP contribution in [0.3, 0.4) is 0 Å². The number of pyridine rings is 1. The van der Waals surface area contributed by atoms with Crippen molar-refractivity contribution in [2.75, 3.05) is 13.6 Å². The molecule has 0 saturated heterocycles. The van der Waals surface area contributed by atoms with Crippen molar-refractivity contribution in [2.45, 2.75) is 33.2 Å². The lowest BCUT2D eigenvalue weighted by molar-refractivity contribution is 0.0783. The van der Waals surface area contributed by atoms with Crippen molar-refractivity contribution in [1.29, 1.82) is 0 Å². The largest absolute Gasteiger partial charge is 0.340 e. The van der Waals surface area contributed by atoms with E-state index in [2.05, 4.69) is 53.9 Å².